The molecular weight excluding hydrogens is 303 g/mol. The Kier molecular flexibility index (Phi) is 4.66. The van der Waals surface area contributed by atoms with Gasteiger partial charge in [0, 0.05) is 23.6 Å². The monoisotopic (exact) mass is 320 g/mol. The van der Waals surface area contributed by atoms with Crippen molar-refractivity contribution in [2.75, 3.05) is 4.90 Å². The largest absolute Gasteiger partial charge is 0.304 e. The summed E-state index contributed by atoms with van der Waals surface area (Å²) in [5.74, 6) is -0.537. The first-order chi connectivity index (χ1) is 11.6. The van der Waals surface area contributed by atoms with Crippen molar-refractivity contribution in [1.82, 2.24) is 4.98 Å². The van der Waals surface area contributed by atoms with Gasteiger partial charge < -0.3 is 4.90 Å². The summed E-state index contributed by atoms with van der Waals surface area (Å²) in [7, 11) is 0. The number of carbonyl (C=O) groups is 1. The Hall–Kier alpha value is -3.01. The lowest BCUT2D eigenvalue weighted by atomic mass is 10.1. The number of halogens is 1. The van der Waals surface area contributed by atoms with Crippen LogP contribution in [0, 0.1) is 12.7 Å². The molecule has 4 heteroatoms. The van der Waals surface area contributed by atoms with E-state index in [4.69, 9.17) is 0 Å². The number of aryl methyl sites for hydroxylation is 1. The minimum absolute atomic E-state index is 0.176. The van der Waals surface area contributed by atoms with Gasteiger partial charge in [-0.1, -0.05) is 18.2 Å². The third-order valence-corrected chi connectivity index (χ3v) is 3.71. The van der Waals surface area contributed by atoms with E-state index in [2.05, 4.69) is 4.98 Å². The Morgan fingerprint density at radius 1 is 1.08 bits per heavy atom. The van der Waals surface area contributed by atoms with E-state index in [1.807, 2.05) is 43.3 Å². The molecule has 0 aliphatic rings. The molecule has 0 aliphatic heterocycles. The van der Waals surface area contributed by atoms with Crippen LogP contribution in [-0.2, 0) is 6.54 Å². The van der Waals surface area contributed by atoms with Crippen LogP contribution in [0.3, 0.4) is 0 Å². The molecular formula is C20H17FN2O. The Bertz CT molecular complexity index is 832. The van der Waals surface area contributed by atoms with Gasteiger partial charge >= 0.3 is 0 Å². The van der Waals surface area contributed by atoms with Gasteiger partial charge in [0.1, 0.15) is 5.82 Å². The van der Waals surface area contributed by atoms with Crippen LogP contribution >= 0.6 is 0 Å². The number of rotatable bonds is 4. The Balaban J connectivity index is 1.97. The molecule has 1 amide bonds. The fourth-order valence-corrected chi connectivity index (χ4v) is 2.50. The quantitative estimate of drug-likeness (QED) is 0.715. The second-order valence-electron chi connectivity index (χ2n) is 5.60. The fraction of sp³-hybridized carbons (Fsp3) is 0.100. The number of anilines is 1. The standard InChI is InChI=1S/C20H17FN2O/c1-15-4-2-6-19(12-15)23(14-16-5-3-11-22-13-16)20(24)17-7-9-18(21)10-8-17/h2-13H,14H2,1H3. The number of hydrogen-bond acceptors (Lipinski definition) is 2. The molecule has 3 aromatic rings. The van der Waals surface area contributed by atoms with Gasteiger partial charge in [-0.25, -0.2) is 4.39 Å². The maximum atomic E-state index is 13.1. The van der Waals surface area contributed by atoms with Crippen molar-refractivity contribution in [2.45, 2.75) is 13.5 Å². The molecule has 3 rings (SSSR count). The van der Waals surface area contributed by atoms with E-state index >= 15 is 0 Å². The van der Waals surface area contributed by atoms with Crippen LogP contribution in [0.2, 0.25) is 0 Å². The Morgan fingerprint density at radius 3 is 2.54 bits per heavy atom. The van der Waals surface area contributed by atoms with Crippen LogP contribution in [0.1, 0.15) is 21.5 Å². The van der Waals surface area contributed by atoms with Gasteiger partial charge in [-0.2, -0.15) is 0 Å². The first kappa shape index (κ1) is 15.9. The summed E-state index contributed by atoms with van der Waals surface area (Å²) in [5, 5.41) is 0. The molecule has 0 unspecified atom stereocenters. The van der Waals surface area contributed by atoms with Gasteiger partial charge in [0.2, 0.25) is 0 Å². The highest BCUT2D eigenvalue weighted by molar-refractivity contribution is 6.06. The molecule has 1 aromatic heterocycles. The summed E-state index contributed by atoms with van der Waals surface area (Å²) in [5.41, 5.74) is 3.24. The summed E-state index contributed by atoms with van der Waals surface area (Å²) in [6.45, 7) is 2.38. The Morgan fingerprint density at radius 2 is 1.88 bits per heavy atom. The number of pyridine rings is 1. The third-order valence-electron chi connectivity index (χ3n) is 3.71. The molecule has 0 atom stereocenters. The molecule has 0 radical (unpaired) electrons. The highest BCUT2D eigenvalue weighted by atomic mass is 19.1. The Labute approximate surface area is 140 Å². The smallest absolute Gasteiger partial charge is 0.258 e. The molecule has 1 heterocycles. The number of carbonyl (C=O) groups excluding carboxylic acids is 1. The minimum Gasteiger partial charge on any atom is -0.304 e. The summed E-state index contributed by atoms with van der Waals surface area (Å²) in [6.07, 6.45) is 3.43. The van der Waals surface area contributed by atoms with Crippen LogP contribution < -0.4 is 4.90 Å². The van der Waals surface area contributed by atoms with Crippen LogP contribution in [0.5, 0.6) is 0 Å². The lowest BCUT2D eigenvalue weighted by molar-refractivity contribution is 0.0985. The summed E-state index contributed by atoms with van der Waals surface area (Å²) in [6, 6.07) is 17.1. The van der Waals surface area contributed by atoms with Crippen molar-refractivity contribution in [3.05, 3.63) is 95.6 Å². The minimum atomic E-state index is -0.360. The molecule has 0 spiro atoms. The normalized spacial score (nSPS) is 10.4. The maximum absolute atomic E-state index is 13.1. The van der Waals surface area contributed by atoms with Gasteiger partial charge in [0.15, 0.2) is 0 Å². The van der Waals surface area contributed by atoms with E-state index in [0.29, 0.717) is 12.1 Å². The molecule has 120 valence electrons. The second-order valence-corrected chi connectivity index (χ2v) is 5.60. The first-order valence-corrected chi connectivity index (χ1v) is 7.66. The zero-order valence-corrected chi connectivity index (χ0v) is 13.3. The molecule has 0 aliphatic carbocycles. The zero-order chi connectivity index (χ0) is 16.9. The van der Waals surface area contributed by atoms with E-state index in [1.165, 1.54) is 24.3 Å². The van der Waals surface area contributed by atoms with E-state index in [9.17, 15) is 9.18 Å². The van der Waals surface area contributed by atoms with Crippen LogP contribution in [0.15, 0.2) is 73.1 Å². The van der Waals surface area contributed by atoms with Gasteiger partial charge in [-0.15, -0.1) is 0 Å². The molecule has 0 fully saturated rings. The van der Waals surface area contributed by atoms with Crippen LogP contribution in [0.4, 0.5) is 10.1 Å². The number of nitrogens with zero attached hydrogens (tertiary/aromatic N) is 2. The summed E-state index contributed by atoms with van der Waals surface area (Å²) >= 11 is 0. The second kappa shape index (κ2) is 7.04. The number of hydrogen-bond donors (Lipinski definition) is 0. The molecule has 0 saturated carbocycles. The van der Waals surface area contributed by atoms with E-state index in [1.54, 1.807) is 17.3 Å². The topological polar surface area (TPSA) is 33.2 Å². The van der Waals surface area contributed by atoms with E-state index in [-0.39, 0.29) is 11.7 Å². The van der Waals surface area contributed by atoms with Gasteiger partial charge in [-0.05, 0) is 60.5 Å². The van der Waals surface area contributed by atoms with Crippen LogP contribution in [-0.4, -0.2) is 10.9 Å². The maximum Gasteiger partial charge on any atom is 0.258 e. The lowest BCUT2D eigenvalue weighted by Crippen LogP contribution is -2.30. The van der Waals surface area contributed by atoms with Gasteiger partial charge in [0.05, 0.1) is 6.54 Å². The number of amides is 1. The molecule has 0 N–H and O–H groups in total. The van der Waals surface area contributed by atoms with Gasteiger partial charge in [0.25, 0.3) is 5.91 Å². The van der Waals surface area contributed by atoms with Crippen molar-refractivity contribution in [3.63, 3.8) is 0 Å². The average Bonchev–Trinajstić information content (AvgIpc) is 2.61. The predicted molar refractivity (Wildman–Crippen MR) is 92.3 cm³/mol. The highest BCUT2D eigenvalue weighted by Crippen LogP contribution is 2.21. The molecule has 0 saturated heterocycles. The molecule has 2 aromatic carbocycles. The van der Waals surface area contributed by atoms with Gasteiger partial charge in [-0.3, -0.25) is 9.78 Å². The van der Waals surface area contributed by atoms with E-state index in [0.717, 1.165) is 16.8 Å². The highest BCUT2D eigenvalue weighted by Gasteiger charge is 2.18. The van der Waals surface area contributed by atoms with E-state index < -0.39 is 0 Å². The predicted octanol–water partition coefficient (Wildman–Crippen LogP) is 4.38. The molecule has 3 nitrogen and oxygen atoms in total. The van der Waals surface area contributed by atoms with Crippen LogP contribution in [0.25, 0.3) is 0 Å². The first-order valence-electron chi connectivity index (χ1n) is 7.66. The fourth-order valence-electron chi connectivity index (χ4n) is 2.50. The SMILES string of the molecule is Cc1cccc(N(Cc2cccnc2)C(=O)c2ccc(F)cc2)c1. The van der Waals surface area contributed by atoms with Crippen molar-refractivity contribution in [3.8, 4) is 0 Å². The summed E-state index contributed by atoms with van der Waals surface area (Å²) in [4.78, 5) is 18.7. The molecule has 0 bridgehead atoms. The number of benzene rings is 2. The zero-order valence-electron chi connectivity index (χ0n) is 13.3. The third kappa shape index (κ3) is 3.66. The average molecular weight is 320 g/mol. The summed E-state index contributed by atoms with van der Waals surface area (Å²) < 4.78 is 13.1. The lowest BCUT2D eigenvalue weighted by Gasteiger charge is -2.23. The van der Waals surface area contributed by atoms with Crippen molar-refractivity contribution >= 4 is 11.6 Å². The molecule has 24 heavy (non-hydrogen) atoms. The number of aromatic nitrogens is 1. The van der Waals surface area contributed by atoms with Crippen molar-refractivity contribution in [2.24, 2.45) is 0 Å². The van der Waals surface area contributed by atoms with Crippen molar-refractivity contribution in [1.29, 1.82) is 0 Å². The van der Waals surface area contributed by atoms with Crippen molar-refractivity contribution < 1.29 is 9.18 Å².